The van der Waals surface area contributed by atoms with Crippen LogP contribution in [0.3, 0.4) is 0 Å². The van der Waals surface area contributed by atoms with Gasteiger partial charge >= 0.3 is 178 Å². The second-order valence-corrected chi connectivity index (χ2v) is 26.4. The van der Waals surface area contributed by atoms with E-state index < -0.39 is 39.5 Å². The molecular weight excluding hydrogens is 538 g/mol. The molecule has 27 heavy (non-hydrogen) atoms. The van der Waals surface area contributed by atoms with E-state index in [1.807, 2.05) is 0 Å². The molecule has 0 aliphatic rings. The molecule has 0 amide bonds. The SMILES string of the molecule is c1cc[c]([Sn]([CH2][Sn]([c]2ccccc2)[c]2ccccc2)[c]2ccccc2)cc1. The van der Waals surface area contributed by atoms with E-state index in [9.17, 15) is 0 Å². The van der Waals surface area contributed by atoms with Gasteiger partial charge in [0.1, 0.15) is 0 Å². The topological polar surface area (TPSA) is 0 Å². The van der Waals surface area contributed by atoms with Gasteiger partial charge in [-0.25, -0.2) is 0 Å². The van der Waals surface area contributed by atoms with Crippen LogP contribution in [0.1, 0.15) is 0 Å². The fourth-order valence-corrected chi connectivity index (χ4v) is 37.9. The summed E-state index contributed by atoms with van der Waals surface area (Å²) in [5.41, 5.74) is 0. The predicted molar refractivity (Wildman–Crippen MR) is 121 cm³/mol. The molecule has 0 saturated heterocycles. The van der Waals surface area contributed by atoms with Crippen molar-refractivity contribution in [1.29, 1.82) is 0 Å². The van der Waals surface area contributed by atoms with Crippen LogP contribution in [0.2, 0.25) is 2.45 Å². The molecule has 0 N–H and O–H groups in total. The molecule has 4 aromatic carbocycles. The average molecular weight is 560 g/mol. The Morgan fingerprint density at radius 3 is 0.778 bits per heavy atom. The van der Waals surface area contributed by atoms with E-state index in [4.69, 9.17) is 0 Å². The van der Waals surface area contributed by atoms with E-state index in [-0.39, 0.29) is 0 Å². The van der Waals surface area contributed by atoms with Gasteiger partial charge in [0.15, 0.2) is 0 Å². The molecule has 0 aliphatic heterocycles. The minimum absolute atomic E-state index is 1.44. The van der Waals surface area contributed by atoms with Crippen molar-refractivity contribution >= 4 is 53.8 Å². The summed E-state index contributed by atoms with van der Waals surface area (Å²) in [6.45, 7) is 0. The van der Waals surface area contributed by atoms with Crippen molar-refractivity contribution < 1.29 is 0 Å². The zero-order valence-electron chi connectivity index (χ0n) is 15.3. The van der Waals surface area contributed by atoms with Gasteiger partial charge in [-0.2, -0.15) is 0 Å². The molecule has 2 heteroatoms. The first kappa shape index (κ1) is 18.8. The van der Waals surface area contributed by atoms with Crippen LogP contribution < -0.4 is 14.3 Å². The summed E-state index contributed by atoms with van der Waals surface area (Å²) in [4.78, 5) is 0. The van der Waals surface area contributed by atoms with Crippen LogP contribution >= 0.6 is 0 Å². The van der Waals surface area contributed by atoms with Crippen LogP contribution in [-0.2, 0) is 0 Å². The molecule has 0 bridgehead atoms. The fourth-order valence-electron chi connectivity index (χ4n) is 3.48. The third kappa shape index (κ3) is 4.85. The molecule has 0 saturated carbocycles. The van der Waals surface area contributed by atoms with Crippen molar-refractivity contribution in [3.8, 4) is 0 Å². The van der Waals surface area contributed by atoms with Crippen LogP contribution in [0.25, 0.3) is 0 Å². The van der Waals surface area contributed by atoms with E-state index in [0.29, 0.717) is 0 Å². The van der Waals surface area contributed by atoms with Gasteiger partial charge in [-0.3, -0.25) is 0 Å². The second kappa shape index (κ2) is 9.61. The standard InChI is InChI=1S/4C6H5.CH2.2Sn/c4*1-2-4-6-5-3-1;;;/h4*1-5H;1H2;;. The summed E-state index contributed by atoms with van der Waals surface area (Å²) in [6, 6.07) is 45.3. The zero-order chi connectivity index (χ0) is 18.3. The van der Waals surface area contributed by atoms with Gasteiger partial charge in [-0.05, 0) is 0 Å². The first-order valence-electron chi connectivity index (χ1n) is 9.35. The summed E-state index contributed by atoms with van der Waals surface area (Å²) in [5, 5.41) is 0. The number of hydrogen-bond donors (Lipinski definition) is 0. The molecule has 2 radical (unpaired) electrons. The quantitative estimate of drug-likeness (QED) is 0.319. The van der Waals surface area contributed by atoms with E-state index in [1.165, 1.54) is 2.45 Å². The molecular formula is C25H22Sn2. The molecule has 0 heterocycles. The van der Waals surface area contributed by atoms with Crippen LogP contribution in [0.15, 0.2) is 121 Å². The second-order valence-electron chi connectivity index (χ2n) is 6.60. The Hall–Kier alpha value is -1.52. The Balaban J connectivity index is 1.77. The third-order valence-electron chi connectivity index (χ3n) is 4.84. The molecule has 4 aromatic rings. The Kier molecular flexibility index (Phi) is 6.70. The molecule has 0 nitrogen and oxygen atoms in total. The summed E-state index contributed by atoms with van der Waals surface area (Å²) < 4.78 is 7.92. The van der Waals surface area contributed by atoms with Gasteiger partial charge in [0, 0.05) is 0 Å². The van der Waals surface area contributed by atoms with E-state index in [1.54, 1.807) is 14.3 Å². The van der Waals surface area contributed by atoms with Crippen molar-refractivity contribution in [2.45, 2.75) is 2.45 Å². The average Bonchev–Trinajstić information content (AvgIpc) is 2.77. The van der Waals surface area contributed by atoms with E-state index in [0.717, 1.165) is 0 Å². The summed E-state index contributed by atoms with van der Waals surface area (Å²) in [6.07, 6.45) is 0. The maximum atomic E-state index is 2.37. The summed E-state index contributed by atoms with van der Waals surface area (Å²) in [7, 11) is 0. The fraction of sp³-hybridized carbons (Fsp3) is 0.0400. The molecule has 0 aromatic heterocycles. The van der Waals surface area contributed by atoms with Gasteiger partial charge < -0.3 is 0 Å². The van der Waals surface area contributed by atoms with Crippen LogP contribution in [0, 0.1) is 0 Å². The Labute approximate surface area is 176 Å². The maximum absolute atomic E-state index is 2.37. The molecule has 4 rings (SSSR count). The van der Waals surface area contributed by atoms with E-state index >= 15 is 0 Å². The van der Waals surface area contributed by atoms with E-state index in [2.05, 4.69) is 121 Å². The van der Waals surface area contributed by atoms with Crippen LogP contribution in [0.5, 0.6) is 0 Å². The molecule has 0 spiro atoms. The Bertz CT molecular complexity index is 778. The van der Waals surface area contributed by atoms with Gasteiger partial charge in [-0.1, -0.05) is 0 Å². The van der Waals surface area contributed by atoms with Crippen LogP contribution in [-0.4, -0.2) is 39.5 Å². The van der Waals surface area contributed by atoms with Gasteiger partial charge in [0.25, 0.3) is 0 Å². The normalized spacial score (nSPS) is 11.0. The van der Waals surface area contributed by atoms with Crippen molar-refractivity contribution in [3.05, 3.63) is 121 Å². The first-order valence-corrected chi connectivity index (χ1v) is 19.1. The van der Waals surface area contributed by atoms with Crippen molar-refractivity contribution in [3.63, 3.8) is 0 Å². The molecule has 0 fully saturated rings. The van der Waals surface area contributed by atoms with Gasteiger partial charge in [0.05, 0.1) is 0 Å². The summed E-state index contributed by atoms with van der Waals surface area (Å²) in [5.74, 6) is 0. The van der Waals surface area contributed by atoms with Crippen molar-refractivity contribution in [1.82, 2.24) is 0 Å². The van der Waals surface area contributed by atoms with Crippen molar-refractivity contribution in [2.24, 2.45) is 0 Å². The molecule has 0 aliphatic carbocycles. The van der Waals surface area contributed by atoms with Gasteiger partial charge in [0.2, 0.25) is 0 Å². The minimum atomic E-state index is -1.97. The number of benzene rings is 4. The first-order chi connectivity index (χ1) is 13.4. The zero-order valence-corrected chi connectivity index (χ0v) is 21.0. The van der Waals surface area contributed by atoms with Crippen LogP contribution in [0.4, 0.5) is 0 Å². The summed E-state index contributed by atoms with van der Waals surface area (Å²) >= 11 is -3.94. The van der Waals surface area contributed by atoms with Gasteiger partial charge in [-0.15, -0.1) is 0 Å². The number of rotatable bonds is 6. The molecule has 130 valence electrons. The monoisotopic (exact) mass is 562 g/mol. The Morgan fingerprint density at radius 2 is 0.556 bits per heavy atom. The molecule has 0 atom stereocenters. The van der Waals surface area contributed by atoms with Crippen molar-refractivity contribution in [2.75, 3.05) is 0 Å². The Morgan fingerprint density at radius 1 is 0.333 bits per heavy atom. The molecule has 0 unspecified atom stereocenters. The predicted octanol–water partition coefficient (Wildman–Crippen LogP) is 3.14. The number of hydrogen-bond acceptors (Lipinski definition) is 0. The third-order valence-corrected chi connectivity index (χ3v) is 32.2.